The quantitative estimate of drug-likeness (QED) is 0.130. The smallest absolute Gasteiger partial charge is 0.261 e. The van der Waals surface area contributed by atoms with Crippen molar-refractivity contribution in [3.8, 4) is 0 Å². The summed E-state index contributed by atoms with van der Waals surface area (Å²) in [5.41, 5.74) is 3.64. The topological polar surface area (TPSA) is 152 Å². The van der Waals surface area contributed by atoms with Gasteiger partial charge < -0.3 is 10.6 Å². The highest BCUT2D eigenvalue weighted by molar-refractivity contribution is 7.91. The van der Waals surface area contributed by atoms with E-state index in [1.165, 1.54) is 22.7 Å². The molecule has 0 aliphatic carbocycles. The van der Waals surface area contributed by atoms with Gasteiger partial charge >= 0.3 is 0 Å². The van der Waals surface area contributed by atoms with Gasteiger partial charge in [-0.05, 0) is 113 Å². The van der Waals surface area contributed by atoms with Crippen molar-refractivity contribution in [2.24, 2.45) is 0 Å². The molecule has 14 heteroatoms. The van der Waals surface area contributed by atoms with E-state index in [9.17, 15) is 26.4 Å². The lowest BCUT2D eigenvalue weighted by atomic mass is 10.0. The molecule has 304 valence electrons. The van der Waals surface area contributed by atoms with Gasteiger partial charge in [-0.2, -0.15) is 0 Å². The standard InChI is InChI=1S/C24H22N2O3S2.C22H18N2O3S2/c1-16(2)18-4-3-5-21(12-18)31(28,29)20-8-6-17(7-9-20)14-26-24(27)22-13-19-10-11-25-15-23(19)30-22;1-15-2-6-18(7-3-15)29(26,27)19-8-4-16(5-9-19)13-24-22(25)20-12-17-10-11-23-14-21(17)28-20/h3-13,15-16H,14H2,1-2H3,(H,26,27);2-12,14H,13H2,1H3,(H,24,25). The Labute approximate surface area is 356 Å². The van der Waals surface area contributed by atoms with Gasteiger partial charge in [0.25, 0.3) is 11.8 Å². The maximum atomic E-state index is 13.0. The molecule has 8 rings (SSSR count). The van der Waals surface area contributed by atoms with Crippen LogP contribution < -0.4 is 10.6 Å². The summed E-state index contributed by atoms with van der Waals surface area (Å²) >= 11 is 2.78. The van der Waals surface area contributed by atoms with Crippen molar-refractivity contribution in [3.63, 3.8) is 0 Å². The van der Waals surface area contributed by atoms with Gasteiger partial charge in [-0.25, -0.2) is 16.8 Å². The highest BCUT2D eigenvalue weighted by Gasteiger charge is 2.20. The van der Waals surface area contributed by atoms with Crippen LogP contribution in [0.4, 0.5) is 0 Å². The number of hydrogen-bond acceptors (Lipinski definition) is 10. The largest absolute Gasteiger partial charge is 0.347 e. The fourth-order valence-electron chi connectivity index (χ4n) is 6.13. The SMILES string of the molecule is CC(C)c1cccc(S(=O)(=O)c2ccc(CNC(=O)c3cc4ccncc4s3)cc2)c1.Cc1ccc(S(=O)(=O)c2ccc(CNC(=O)c3cc4ccncc4s3)cc2)cc1. The van der Waals surface area contributed by atoms with Crippen LogP contribution in [-0.2, 0) is 32.8 Å². The van der Waals surface area contributed by atoms with E-state index in [0.29, 0.717) is 27.7 Å². The number of pyridine rings is 2. The number of fused-ring (bicyclic) bond motifs is 2. The molecule has 10 nitrogen and oxygen atoms in total. The normalized spacial score (nSPS) is 11.6. The second-order valence-corrected chi connectivity index (χ2v) is 20.3. The van der Waals surface area contributed by atoms with Crippen LogP contribution in [0.3, 0.4) is 0 Å². The van der Waals surface area contributed by atoms with Crippen molar-refractivity contribution in [1.82, 2.24) is 20.6 Å². The summed E-state index contributed by atoms with van der Waals surface area (Å²) in [6.45, 7) is 6.61. The average molecular weight is 873 g/mol. The lowest BCUT2D eigenvalue weighted by molar-refractivity contribution is 0.0947. The van der Waals surface area contributed by atoms with Crippen molar-refractivity contribution >= 4 is 74.3 Å². The third-order valence-corrected chi connectivity index (χ3v) is 15.4. The maximum Gasteiger partial charge on any atom is 0.261 e. The van der Waals surface area contributed by atoms with Crippen LogP contribution >= 0.6 is 22.7 Å². The molecule has 60 heavy (non-hydrogen) atoms. The number of aryl methyl sites for hydroxylation is 1. The maximum absolute atomic E-state index is 13.0. The molecule has 0 saturated heterocycles. The van der Waals surface area contributed by atoms with Crippen molar-refractivity contribution in [2.45, 2.75) is 59.4 Å². The van der Waals surface area contributed by atoms with E-state index in [1.807, 2.05) is 51.1 Å². The number of rotatable bonds is 11. The van der Waals surface area contributed by atoms with E-state index < -0.39 is 19.7 Å². The average Bonchev–Trinajstić information content (AvgIpc) is 3.91. The molecular formula is C46H40N4O6S4. The van der Waals surface area contributed by atoms with Crippen LogP contribution in [-0.4, -0.2) is 38.6 Å². The molecule has 0 bridgehead atoms. The summed E-state index contributed by atoms with van der Waals surface area (Å²) in [5, 5.41) is 7.74. The summed E-state index contributed by atoms with van der Waals surface area (Å²) in [4.78, 5) is 35.3. The van der Waals surface area contributed by atoms with Crippen LogP contribution in [0.25, 0.3) is 20.2 Å². The number of sulfone groups is 2. The summed E-state index contributed by atoms with van der Waals surface area (Å²) in [6.07, 6.45) is 6.88. The van der Waals surface area contributed by atoms with Gasteiger partial charge in [-0.3, -0.25) is 19.6 Å². The van der Waals surface area contributed by atoms with E-state index >= 15 is 0 Å². The van der Waals surface area contributed by atoms with Gasteiger partial charge in [0, 0.05) is 37.9 Å². The van der Waals surface area contributed by atoms with Gasteiger partial charge in [0.15, 0.2) is 0 Å². The van der Waals surface area contributed by atoms with Crippen molar-refractivity contribution < 1.29 is 26.4 Å². The number of nitrogens with zero attached hydrogens (tertiary/aromatic N) is 2. The molecule has 0 unspecified atom stereocenters. The Kier molecular flexibility index (Phi) is 12.7. The van der Waals surface area contributed by atoms with Gasteiger partial charge in [-0.15, -0.1) is 22.7 Å². The Balaban J connectivity index is 0.000000182. The molecular weight excluding hydrogens is 833 g/mol. The van der Waals surface area contributed by atoms with Crippen LogP contribution in [0.5, 0.6) is 0 Å². The number of amides is 2. The second kappa shape index (κ2) is 18.1. The third-order valence-electron chi connectivity index (χ3n) is 9.63. The highest BCUT2D eigenvalue weighted by Crippen LogP contribution is 2.28. The van der Waals surface area contributed by atoms with Crippen molar-refractivity contribution in [1.29, 1.82) is 0 Å². The fourth-order valence-corrected chi connectivity index (χ4v) is 10.6. The monoisotopic (exact) mass is 872 g/mol. The summed E-state index contributed by atoms with van der Waals surface area (Å²) in [6, 6.07) is 34.5. The zero-order valence-corrected chi connectivity index (χ0v) is 36.1. The molecule has 0 fully saturated rings. The Morgan fingerprint density at radius 1 is 0.567 bits per heavy atom. The molecule has 2 N–H and O–H groups in total. The van der Waals surface area contributed by atoms with Crippen LogP contribution in [0.1, 0.15) is 61.4 Å². The molecule has 0 spiro atoms. The molecule has 0 radical (unpaired) electrons. The summed E-state index contributed by atoms with van der Waals surface area (Å²) in [5.74, 6) is -0.0794. The second-order valence-electron chi connectivity index (χ2n) is 14.2. The molecule has 4 aromatic heterocycles. The molecule has 0 atom stereocenters. The van der Waals surface area contributed by atoms with Gasteiger partial charge in [-0.1, -0.05) is 67.9 Å². The number of thiophene rings is 2. The lowest BCUT2D eigenvalue weighted by Crippen LogP contribution is -2.21. The van der Waals surface area contributed by atoms with Crippen LogP contribution in [0, 0.1) is 6.92 Å². The zero-order chi connectivity index (χ0) is 42.4. The Hall–Kier alpha value is -6.06. The van der Waals surface area contributed by atoms with Crippen LogP contribution in [0.2, 0.25) is 0 Å². The van der Waals surface area contributed by atoms with E-state index in [0.717, 1.165) is 42.4 Å². The lowest BCUT2D eigenvalue weighted by Gasteiger charge is -2.10. The van der Waals surface area contributed by atoms with Crippen LogP contribution in [0.15, 0.2) is 166 Å². The first kappa shape index (κ1) is 42.1. The molecule has 0 aliphatic rings. The molecule has 4 aromatic carbocycles. The number of benzene rings is 4. The summed E-state index contributed by atoms with van der Waals surface area (Å²) < 4.78 is 53.3. The zero-order valence-electron chi connectivity index (χ0n) is 32.8. The predicted molar refractivity (Wildman–Crippen MR) is 237 cm³/mol. The van der Waals surface area contributed by atoms with Crippen molar-refractivity contribution in [2.75, 3.05) is 0 Å². The minimum atomic E-state index is -3.59. The number of carbonyl (C=O) groups excluding carboxylic acids is 2. The van der Waals surface area contributed by atoms with E-state index in [1.54, 1.807) is 116 Å². The molecule has 8 aromatic rings. The van der Waals surface area contributed by atoms with E-state index in [-0.39, 0.29) is 32.4 Å². The Morgan fingerprint density at radius 3 is 1.43 bits per heavy atom. The molecule has 0 aliphatic heterocycles. The van der Waals surface area contributed by atoms with Gasteiger partial charge in [0.05, 0.1) is 38.7 Å². The number of carbonyl (C=O) groups is 2. The number of hydrogen-bond donors (Lipinski definition) is 2. The molecule has 0 saturated carbocycles. The first-order chi connectivity index (χ1) is 28.8. The number of aromatic nitrogens is 2. The Morgan fingerprint density at radius 2 is 1.00 bits per heavy atom. The van der Waals surface area contributed by atoms with Gasteiger partial charge in [0.2, 0.25) is 19.7 Å². The van der Waals surface area contributed by atoms with E-state index in [4.69, 9.17) is 0 Å². The predicted octanol–water partition coefficient (Wildman–Crippen LogP) is 9.55. The minimum Gasteiger partial charge on any atom is -0.347 e. The minimum absolute atomic E-state index is 0.164. The molecule has 2 amide bonds. The Bertz CT molecular complexity index is 2970. The summed E-state index contributed by atoms with van der Waals surface area (Å²) in [7, 11) is -7.15. The fraction of sp³-hybridized carbons (Fsp3) is 0.130. The molecule has 4 heterocycles. The van der Waals surface area contributed by atoms with Crippen molar-refractivity contribution in [3.05, 3.63) is 178 Å². The first-order valence-corrected chi connectivity index (χ1v) is 23.5. The first-order valence-electron chi connectivity index (χ1n) is 18.9. The van der Waals surface area contributed by atoms with E-state index in [2.05, 4.69) is 20.6 Å². The van der Waals surface area contributed by atoms with Gasteiger partial charge in [0.1, 0.15) is 0 Å². The number of nitrogens with one attached hydrogen (secondary N) is 2. The highest BCUT2D eigenvalue weighted by atomic mass is 32.2. The third kappa shape index (κ3) is 9.69.